The van der Waals surface area contributed by atoms with Gasteiger partial charge in [0.25, 0.3) is 0 Å². The van der Waals surface area contributed by atoms with Gasteiger partial charge in [-0.15, -0.1) is 0 Å². The van der Waals surface area contributed by atoms with Gasteiger partial charge in [-0.1, -0.05) is 30.3 Å². The molecule has 0 spiro atoms. The van der Waals surface area contributed by atoms with E-state index >= 15 is 0 Å². The number of aromatic nitrogens is 1. The summed E-state index contributed by atoms with van der Waals surface area (Å²) >= 11 is 0. The minimum Gasteiger partial charge on any atom is -0.382 e. The van der Waals surface area contributed by atoms with Gasteiger partial charge in [0.05, 0.1) is 17.6 Å². The molecular formula is C18H21N3. The lowest BCUT2D eigenvalue weighted by Gasteiger charge is -2.19. The lowest BCUT2D eigenvalue weighted by molar-refractivity contribution is 0.269. The largest absolute Gasteiger partial charge is 0.382 e. The van der Waals surface area contributed by atoms with Crippen LogP contribution in [-0.4, -0.2) is 29.5 Å². The first-order valence-electron chi connectivity index (χ1n) is 7.89. The fourth-order valence-electron chi connectivity index (χ4n) is 3.04. The summed E-state index contributed by atoms with van der Waals surface area (Å²) in [4.78, 5) is 7.21. The first-order valence-corrected chi connectivity index (χ1v) is 7.89. The third-order valence-electron chi connectivity index (χ3n) is 4.41. The fraction of sp³-hybridized carbons (Fsp3) is 0.389. The molecule has 3 heteroatoms. The Morgan fingerprint density at radius 1 is 1.19 bits per heavy atom. The zero-order valence-electron chi connectivity index (χ0n) is 12.3. The Hall–Kier alpha value is -1.87. The highest BCUT2D eigenvalue weighted by atomic mass is 15.2. The quantitative estimate of drug-likeness (QED) is 0.933. The molecule has 4 rings (SSSR count). The van der Waals surface area contributed by atoms with Crippen molar-refractivity contribution in [1.82, 2.24) is 9.88 Å². The lowest BCUT2D eigenvalue weighted by Crippen LogP contribution is -2.28. The van der Waals surface area contributed by atoms with Crippen molar-refractivity contribution in [2.75, 3.05) is 25.0 Å². The van der Waals surface area contributed by atoms with Crippen LogP contribution in [0.2, 0.25) is 0 Å². The van der Waals surface area contributed by atoms with Crippen LogP contribution in [-0.2, 0) is 6.54 Å². The van der Waals surface area contributed by atoms with Crippen LogP contribution in [0.1, 0.15) is 18.4 Å². The van der Waals surface area contributed by atoms with Crippen LogP contribution in [0, 0.1) is 5.92 Å². The van der Waals surface area contributed by atoms with Gasteiger partial charge in [-0.25, -0.2) is 0 Å². The summed E-state index contributed by atoms with van der Waals surface area (Å²) in [6, 6.07) is 12.7. The summed E-state index contributed by atoms with van der Waals surface area (Å²) in [5.41, 5.74) is 4.85. The van der Waals surface area contributed by atoms with Gasteiger partial charge in [-0.05, 0) is 30.4 Å². The van der Waals surface area contributed by atoms with E-state index in [1.165, 1.54) is 36.2 Å². The number of nitrogens with one attached hydrogen (secondary N) is 1. The fourth-order valence-corrected chi connectivity index (χ4v) is 3.04. The highest BCUT2D eigenvalue weighted by Crippen LogP contribution is 2.31. The number of hydrogen-bond acceptors (Lipinski definition) is 3. The number of benzene rings is 1. The molecule has 3 nitrogen and oxygen atoms in total. The summed E-state index contributed by atoms with van der Waals surface area (Å²) in [5, 5.41) is 3.52. The van der Waals surface area contributed by atoms with Crippen LogP contribution < -0.4 is 5.32 Å². The average Bonchev–Trinajstić information content (AvgIpc) is 3.34. The minimum atomic E-state index is 0.946. The third kappa shape index (κ3) is 2.93. The normalized spacial score (nSPS) is 18.7. The maximum absolute atomic E-state index is 4.62. The third-order valence-corrected chi connectivity index (χ3v) is 4.41. The standard InChI is InChI=1S/C18H21N3/c1-2-4-15(5-3-1)17-10-16-13-21(12-14-6-7-14)9-8-19-18(16)11-20-17/h1-5,10-11,14,19H,6-9,12-13H2. The Balaban J connectivity index is 1.61. The molecule has 2 aliphatic rings. The summed E-state index contributed by atoms with van der Waals surface area (Å²) < 4.78 is 0. The molecule has 108 valence electrons. The molecular weight excluding hydrogens is 258 g/mol. The molecule has 2 aromatic rings. The van der Waals surface area contributed by atoms with Gasteiger partial charge in [0, 0.05) is 31.7 Å². The van der Waals surface area contributed by atoms with Gasteiger partial charge in [0.1, 0.15) is 0 Å². The predicted molar refractivity (Wildman–Crippen MR) is 86.2 cm³/mol. The second kappa shape index (κ2) is 5.49. The van der Waals surface area contributed by atoms with Crippen molar-refractivity contribution in [2.45, 2.75) is 19.4 Å². The molecule has 1 aromatic heterocycles. The second-order valence-corrected chi connectivity index (χ2v) is 6.20. The predicted octanol–water partition coefficient (Wildman–Crippen LogP) is 3.39. The number of fused-ring (bicyclic) bond motifs is 1. The highest BCUT2D eigenvalue weighted by Gasteiger charge is 2.25. The van der Waals surface area contributed by atoms with Crippen molar-refractivity contribution in [3.8, 4) is 11.3 Å². The maximum atomic E-state index is 4.62. The Labute approximate surface area is 126 Å². The van der Waals surface area contributed by atoms with Gasteiger partial charge in [-0.3, -0.25) is 9.88 Å². The van der Waals surface area contributed by atoms with Crippen molar-refractivity contribution >= 4 is 5.69 Å². The summed E-state index contributed by atoms with van der Waals surface area (Å²) in [6.45, 7) is 4.45. The van der Waals surface area contributed by atoms with Crippen LogP contribution in [0.15, 0.2) is 42.6 Å². The van der Waals surface area contributed by atoms with E-state index < -0.39 is 0 Å². The molecule has 21 heavy (non-hydrogen) atoms. The maximum Gasteiger partial charge on any atom is 0.0706 e. The molecule has 1 saturated carbocycles. The van der Waals surface area contributed by atoms with Crippen LogP contribution >= 0.6 is 0 Å². The van der Waals surface area contributed by atoms with E-state index in [1.807, 2.05) is 12.3 Å². The minimum absolute atomic E-state index is 0.946. The zero-order chi connectivity index (χ0) is 14.1. The van der Waals surface area contributed by atoms with Crippen LogP contribution in [0.25, 0.3) is 11.3 Å². The molecule has 1 aromatic carbocycles. The zero-order valence-corrected chi connectivity index (χ0v) is 12.3. The van der Waals surface area contributed by atoms with Gasteiger partial charge >= 0.3 is 0 Å². The number of rotatable bonds is 3. The van der Waals surface area contributed by atoms with Gasteiger partial charge in [0.15, 0.2) is 0 Å². The van der Waals surface area contributed by atoms with E-state index in [1.54, 1.807) is 0 Å². The van der Waals surface area contributed by atoms with Crippen molar-refractivity contribution in [1.29, 1.82) is 0 Å². The van der Waals surface area contributed by atoms with Crippen molar-refractivity contribution in [3.63, 3.8) is 0 Å². The molecule has 0 unspecified atom stereocenters. The van der Waals surface area contributed by atoms with E-state index in [2.05, 4.69) is 45.5 Å². The topological polar surface area (TPSA) is 28.2 Å². The monoisotopic (exact) mass is 279 g/mol. The van der Waals surface area contributed by atoms with Crippen molar-refractivity contribution in [2.24, 2.45) is 5.92 Å². The molecule has 0 bridgehead atoms. The molecule has 0 atom stereocenters. The Bertz CT molecular complexity index is 620. The Morgan fingerprint density at radius 2 is 2.05 bits per heavy atom. The van der Waals surface area contributed by atoms with E-state index in [4.69, 9.17) is 0 Å². The lowest BCUT2D eigenvalue weighted by atomic mass is 10.1. The van der Waals surface area contributed by atoms with Crippen LogP contribution in [0.3, 0.4) is 0 Å². The molecule has 0 amide bonds. The summed E-state index contributed by atoms with van der Waals surface area (Å²) in [7, 11) is 0. The van der Waals surface area contributed by atoms with Crippen LogP contribution in [0.5, 0.6) is 0 Å². The van der Waals surface area contributed by atoms with Crippen molar-refractivity contribution in [3.05, 3.63) is 48.2 Å². The van der Waals surface area contributed by atoms with E-state index in [0.717, 1.165) is 31.2 Å². The smallest absolute Gasteiger partial charge is 0.0706 e. The van der Waals surface area contributed by atoms with Crippen molar-refractivity contribution < 1.29 is 0 Å². The van der Waals surface area contributed by atoms with Gasteiger partial charge in [0.2, 0.25) is 0 Å². The highest BCUT2D eigenvalue weighted by molar-refractivity contribution is 5.64. The molecule has 2 heterocycles. The number of anilines is 1. The first-order chi connectivity index (χ1) is 10.4. The summed E-state index contributed by atoms with van der Waals surface area (Å²) in [6.07, 6.45) is 4.84. The molecule has 1 fully saturated rings. The van der Waals surface area contributed by atoms with Gasteiger partial charge < -0.3 is 5.32 Å². The first kappa shape index (κ1) is 12.8. The van der Waals surface area contributed by atoms with E-state index in [0.29, 0.717) is 0 Å². The average molecular weight is 279 g/mol. The van der Waals surface area contributed by atoms with Gasteiger partial charge in [-0.2, -0.15) is 0 Å². The number of nitrogens with zero attached hydrogens (tertiary/aromatic N) is 2. The van der Waals surface area contributed by atoms with Crippen LogP contribution in [0.4, 0.5) is 5.69 Å². The molecule has 0 saturated heterocycles. The molecule has 0 radical (unpaired) electrons. The number of hydrogen-bond donors (Lipinski definition) is 1. The number of pyridine rings is 1. The summed E-state index contributed by atoms with van der Waals surface area (Å²) in [5.74, 6) is 0.946. The molecule has 1 aliphatic carbocycles. The Kier molecular flexibility index (Phi) is 3.36. The Morgan fingerprint density at radius 3 is 2.86 bits per heavy atom. The molecule has 1 N–H and O–H groups in total. The molecule has 1 aliphatic heterocycles. The van der Waals surface area contributed by atoms with E-state index in [9.17, 15) is 0 Å². The van der Waals surface area contributed by atoms with E-state index in [-0.39, 0.29) is 0 Å². The SMILES string of the molecule is c1ccc(-c2cc3c(cn2)NCCN(CC2CC2)C3)cc1. The second-order valence-electron chi connectivity index (χ2n) is 6.20.